The van der Waals surface area contributed by atoms with E-state index < -0.39 is 0 Å². The van der Waals surface area contributed by atoms with Crippen LogP contribution in [0.15, 0.2) is 28.8 Å². The van der Waals surface area contributed by atoms with Crippen LogP contribution in [0.4, 0.5) is 5.82 Å². The molecule has 3 N–H and O–H groups in total. The zero-order chi connectivity index (χ0) is 15.9. The molecule has 22 heavy (non-hydrogen) atoms. The number of phenolic OH excluding ortho intramolecular Hbond substituents is 1. The lowest BCUT2D eigenvalue weighted by Gasteiger charge is -2.08. The van der Waals surface area contributed by atoms with E-state index in [4.69, 9.17) is 21.8 Å². The molecular weight excluding hydrogens is 304 g/mol. The number of rotatable bonds is 2. The van der Waals surface area contributed by atoms with Gasteiger partial charge in [-0.15, -0.1) is 0 Å². The molecule has 0 aliphatic rings. The smallest absolute Gasteiger partial charge is 0.192 e. The van der Waals surface area contributed by atoms with E-state index in [-0.39, 0.29) is 16.6 Å². The van der Waals surface area contributed by atoms with Gasteiger partial charge < -0.3 is 15.3 Å². The highest BCUT2D eigenvalue weighted by Crippen LogP contribution is 2.35. The number of aromatic nitrogens is 3. The van der Waals surface area contributed by atoms with Gasteiger partial charge in [-0.2, -0.15) is 0 Å². The summed E-state index contributed by atoms with van der Waals surface area (Å²) in [5, 5.41) is 9.78. The molecule has 3 rings (SSSR count). The summed E-state index contributed by atoms with van der Waals surface area (Å²) >= 11 is 5.97. The van der Waals surface area contributed by atoms with Crippen LogP contribution in [-0.4, -0.2) is 20.1 Å². The van der Waals surface area contributed by atoms with Crippen LogP contribution < -0.4 is 5.73 Å². The van der Waals surface area contributed by atoms with Crippen LogP contribution in [0, 0.1) is 13.8 Å². The van der Waals surface area contributed by atoms with Crippen molar-refractivity contribution in [1.29, 1.82) is 0 Å². The van der Waals surface area contributed by atoms with Gasteiger partial charge in [0.15, 0.2) is 11.7 Å². The first-order chi connectivity index (χ1) is 10.5. The van der Waals surface area contributed by atoms with Gasteiger partial charge in [0, 0.05) is 12.5 Å². The lowest BCUT2D eigenvalue weighted by atomic mass is 10.1. The number of benzene rings is 1. The van der Waals surface area contributed by atoms with Crippen molar-refractivity contribution in [3.63, 3.8) is 0 Å². The predicted molar refractivity (Wildman–Crippen MR) is 83.5 cm³/mol. The highest BCUT2D eigenvalue weighted by molar-refractivity contribution is 6.32. The fraction of sp³-hybridized carbons (Fsp3) is 0.133. The van der Waals surface area contributed by atoms with Crippen molar-refractivity contribution in [2.45, 2.75) is 13.8 Å². The lowest BCUT2D eigenvalue weighted by molar-refractivity contribution is 0.475. The number of aromatic hydroxyl groups is 1. The van der Waals surface area contributed by atoms with Crippen molar-refractivity contribution in [1.82, 2.24) is 15.0 Å². The third kappa shape index (κ3) is 2.48. The van der Waals surface area contributed by atoms with Crippen LogP contribution in [0.2, 0.25) is 5.02 Å². The van der Waals surface area contributed by atoms with Crippen molar-refractivity contribution in [2.24, 2.45) is 0 Å². The van der Waals surface area contributed by atoms with Crippen molar-refractivity contribution < 1.29 is 9.52 Å². The topological polar surface area (TPSA) is 98.1 Å². The van der Waals surface area contributed by atoms with E-state index >= 15 is 0 Å². The minimum atomic E-state index is 0.00191. The summed E-state index contributed by atoms with van der Waals surface area (Å²) in [4.78, 5) is 12.9. The molecule has 112 valence electrons. The fourth-order valence-corrected chi connectivity index (χ4v) is 2.36. The van der Waals surface area contributed by atoms with E-state index in [0.717, 1.165) is 0 Å². The zero-order valence-corrected chi connectivity index (χ0v) is 12.7. The summed E-state index contributed by atoms with van der Waals surface area (Å²) in [6.45, 7) is 3.58. The molecule has 7 heteroatoms. The largest absolute Gasteiger partial charge is 0.506 e. The van der Waals surface area contributed by atoms with Crippen molar-refractivity contribution in [3.05, 3.63) is 41.0 Å². The molecule has 0 radical (unpaired) electrons. The normalized spacial score (nSPS) is 10.9. The van der Waals surface area contributed by atoms with Crippen molar-refractivity contribution in [2.75, 3.05) is 5.73 Å². The molecule has 0 fully saturated rings. The standard InChI is InChI=1S/C15H13ClN4O2/c1-7-15(22-8(2)19-7)14-13(18-6-12(17)20-14)9-3-4-11(21)10(16)5-9/h3-6,21H,1-2H3,(H2,17,20). The average Bonchev–Trinajstić information content (AvgIpc) is 2.81. The minimum absolute atomic E-state index is 0.00191. The van der Waals surface area contributed by atoms with Gasteiger partial charge in [-0.05, 0) is 25.1 Å². The highest BCUT2D eigenvalue weighted by atomic mass is 35.5. The molecule has 3 aromatic rings. The molecule has 0 amide bonds. The Morgan fingerprint density at radius 3 is 2.59 bits per heavy atom. The van der Waals surface area contributed by atoms with E-state index in [1.165, 1.54) is 12.3 Å². The Balaban J connectivity index is 2.24. The van der Waals surface area contributed by atoms with E-state index in [0.29, 0.717) is 34.3 Å². The summed E-state index contributed by atoms with van der Waals surface area (Å²) < 4.78 is 5.62. The Kier molecular flexibility index (Phi) is 3.46. The minimum Gasteiger partial charge on any atom is -0.506 e. The molecule has 2 heterocycles. The summed E-state index contributed by atoms with van der Waals surface area (Å²) in [6, 6.07) is 4.81. The molecule has 1 aromatic carbocycles. The number of hydrogen-bond donors (Lipinski definition) is 2. The second kappa shape index (κ2) is 5.31. The predicted octanol–water partition coefficient (Wildman–Crippen LogP) is 3.36. The number of nitrogen functional groups attached to an aromatic ring is 1. The maximum Gasteiger partial charge on any atom is 0.192 e. The monoisotopic (exact) mass is 316 g/mol. The van der Waals surface area contributed by atoms with Crippen LogP contribution in [0.5, 0.6) is 5.75 Å². The average molecular weight is 317 g/mol. The van der Waals surface area contributed by atoms with Gasteiger partial charge in [-0.3, -0.25) is 0 Å². The molecule has 0 atom stereocenters. The lowest BCUT2D eigenvalue weighted by Crippen LogP contribution is -1.98. The molecule has 6 nitrogen and oxygen atoms in total. The van der Waals surface area contributed by atoms with E-state index in [1.54, 1.807) is 19.1 Å². The number of nitrogens with zero attached hydrogens (tertiary/aromatic N) is 3. The van der Waals surface area contributed by atoms with E-state index in [2.05, 4.69) is 15.0 Å². The Labute approximate surface area is 131 Å². The molecule has 0 saturated carbocycles. The fourth-order valence-electron chi connectivity index (χ4n) is 2.18. The number of phenols is 1. The second-order valence-electron chi connectivity index (χ2n) is 4.81. The second-order valence-corrected chi connectivity index (χ2v) is 5.21. The van der Waals surface area contributed by atoms with Gasteiger partial charge in [0.05, 0.1) is 16.9 Å². The SMILES string of the molecule is Cc1nc(C)c(-c2nc(N)cnc2-c2ccc(O)c(Cl)c2)o1. The number of halogens is 1. The molecule has 0 aliphatic carbocycles. The van der Waals surface area contributed by atoms with Gasteiger partial charge in [0.2, 0.25) is 0 Å². The molecule has 0 bridgehead atoms. The third-order valence-electron chi connectivity index (χ3n) is 3.13. The molecular formula is C15H13ClN4O2. The Hall–Kier alpha value is -2.60. The zero-order valence-electron chi connectivity index (χ0n) is 12.0. The van der Waals surface area contributed by atoms with E-state index in [9.17, 15) is 5.11 Å². The van der Waals surface area contributed by atoms with Gasteiger partial charge in [0.1, 0.15) is 23.0 Å². The van der Waals surface area contributed by atoms with Crippen molar-refractivity contribution in [3.8, 4) is 28.5 Å². The maximum atomic E-state index is 9.55. The summed E-state index contributed by atoms with van der Waals surface area (Å²) in [5.41, 5.74) is 8.18. The molecule has 0 unspecified atom stereocenters. The van der Waals surface area contributed by atoms with Gasteiger partial charge in [-0.1, -0.05) is 11.6 Å². The van der Waals surface area contributed by atoms with Crippen LogP contribution in [0.1, 0.15) is 11.6 Å². The van der Waals surface area contributed by atoms with Crippen molar-refractivity contribution >= 4 is 17.4 Å². The van der Waals surface area contributed by atoms with Crippen LogP contribution in [-0.2, 0) is 0 Å². The first kappa shape index (κ1) is 14.3. The molecule has 0 saturated heterocycles. The highest BCUT2D eigenvalue weighted by Gasteiger charge is 2.19. The summed E-state index contributed by atoms with van der Waals surface area (Å²) in [7, 11) is 0. The van der Waals surface area contributed by atoms with Crippen LogP contribution in [0.25, 0.3) is 22.7 Å². The first-order valence-electron chi connectivity index (χ1n) is 6.51. The number of hydrogen-bond acceptors (Lipinski definition) is 6. The Morgan fingerprint density at radius 2 is 1.95 bits per heavy atom. The molecule has 0 spiro atoms. The van der Waals surface area contributed by atoms with Crippen LogP contribution >= 0.6 is 11.6 Å². The van der Waals surface area contributed by atoms with Gasteiger partial charge in [-0.25, -0.2) is 15.0 Å². The first-order valence-corrected chi connectivity index (χ1v) is 6.89. The Bertz CT molecular complexity index is 861. The number of oxazole rings is 1. The van der Waals surface area contributed by atoms with Crippen LogP contribution in [0.3, 0.4) is 0 Å². The number of nitrogens with two attached hydrogens (primary N) is 1. The third-order valence-corrected chi connectivity index (χ3v) is 3.43. The molecule has 2 aromatic heterocycles. The number of aryl methyl sites for hydroxylation is 2. The summed E-state index contributed by atoms with van der Waals surface area (Å²) in [6.07, 6.45) is 1.46. The number of anilines is 1. The molecule has 0 aliphatic heterocycles. The Morgan fingerprint density at radius 1 is 1.18 bits per heavy atom. The van der Waals surface area contributed by atoms with Gasteiger partial charge in [0.25, 0.3) is 0 Å². The van der Waals surface area contributed by atoms with Gasteiger partial charge >= 0.3 is 0 Å². The van der Waals surface area contributed by atoms with E-state index in [1.807, 2.05) is 6.92 Å². The quantitative estimate of drug-likeness (QED) is 0.752. The summed E-state index contributed by atoms with van der Waals surface area (Å²) in [5.74, 6) is 1.32. The maximum absolute atomic E-state index is 9.55.